The highest BCUT2D eigenvalue weighted by Crippen LogP contribution is 2.28. The number of aliphatic hydroxyl groups is 1. The molecule has 0 saturated heterocycles. The molecule has 2 rings (SSSR count). The quantitative estimate of drug-likeness (QED) is 0.780. The van der Waals surface area contributed by atoms with Gasteiger partial charge in [0, 0.05) is 29.4 Å². The van der Waals surface area contributed by atoms with E-state index < -0.39 is 0 Å². The Morgan fingerprint density at radius 3 is 3.06 bits per heavy atom. The molecule has 2 aromatic heterocycles. The van der Waals surface area contributed by atoms with Crippen molar-refractivity contribution in [1.82, 2.24) is 4.98 Å². The Balaban J connectivity index is 2.09. The second-order valence-electron chi connectivity index (χ2n) is 3.88. The predicted molar refractivity (Wildman–Crippen MR) is 75.4 cm³/mol. The number of rotatable bonds is 7. The molecular weight excluding hydrogens is 248 g/mol. The third-order valence-electron chi connectivity index (χ3n) is 2.78. The molecule has 0 bridgehead atoms. The molecule has 0 unspecified atom stereocenters. The van der Waals surface area contributed by atoms with Crippen molar-refractivity contribution in [3.63, 3.8) is 0 Å². The number of pyridine rings is 1. The fourth-order valence-corrected chi connectivity index (χ4v) is 2.66. The van der Waals surface area contributed by atoms with E-state index in [9.17, 15) is 0 Å². The number of fused-ring (bicyclic) bond motifs is 1. The van der Waals surface area contributed by atoms with Gasteiger partial charge in [0.1, 0.15) is 5.82 Å². The molecule has 98 valence electrons. The number of likely N-dealkylation sites (N-methyl/N-ethyl adjacent to an activating group) is 1. The minimum Gasteiger partial charge on any atom is -0.394 e. The van der Waals surface area contributed by atoms with Gasteiger partial charge in [0.2, 0.25) is 0 Å². The van der Waals surface area contributed by atoms with Crippen LogP contribution in [0.1, 0.15) is 6.92 Å². The molecule has 0 amide bonds. The fraction of sp³-hybridized carbons (Fsp3) is 0.462. The smallest absolute Gasteiger partial charge is 0.137 e. The highest BCUT2D eigenvalue weighted by atomic mass is 32.1. The Morgan fingerprint density at radius 2 is 2.28 bits per heavy atom. The Bertz CT molecular complexity index is 487. The lowest BCUT2D eigenvalue weighted by Gasteiger charge is -2.22. The maximum absolute atomic E-state index is 8.67. The number of aliphatic hydroxyl groups excluding tert-OH is 1. The van der Waals surface area contributed by atoms with Crippen molar-refractivity contribution in [3.8, 4) is 0 Å². The molecule has 0 spiro atoms. The van der Waals surface area contributed by atoms with Crippen LogP contribution in [0.15, 0.2) is 23.7 Å². The van der Waals surface area contributed by atoms with Gasteiger partial charge in [0.05, 0.1) is 19.8 Å². The number of anilines is 1. The molecule has 4 nitrogen and oxygen atoms in total. The lowest BCUT2D eigenvalue weighted by atomic mass is 10.3. The number of nitrogens with zero attached hydrogens (tertiary/aromatic N) is 2. The van der Waals surface area contributed by atoms with Crippen LogP contribution in [0.4, 0.5) is 5.82 Å². The first kappa shape index (κ1) is 13.3. The van der Waals surface area contributed by atoms with E-state index >= 15 is 0 Å². The van der Waals surface area contributed by atoms with E-state index in [0.29, 0.717) is 13.2 Å². The summed E-state index contributed by atoms with van der Waals surface area (Å²) in [4.78, 5) is 6.68. The van der Waals surface area contributed by atoms with Crippen LogP contribution >= 0.6 is 11.3 Å². The summed E-state index contributed by atoms with van der Waals surface area (Å²) in [7, 11) is 0. The normalized spacial score (nSPS) is 11.0. The molecule has 0 atom stereocenters. The lowest BCUT2D eigenvalue weighted by Crippen LogP contribution is -2.28. The van der Waals surface area contributed by atoms with Gasteiger partial charge in [-0.3, -0.25) is 0 Å². The van der Waals surface area contributed by atoms with E-state index in [4.69, 9.17) is 9.84 Å². The second kappa shape index (κ2) is 6.68. The summed E-state index contributed by atoms with van der Waals surface area (Å²) in [5.74, 6) is 1.02. The lowest BCUT2D eigenvalue weighted by molar-refractivity contribution is 0.0967. The van der Waals surface area contributed by atoms with Gasteiger partial charge in [-0.05, 0) is 24.4 Å². The van der Waals surface area contributed by atoms with Crippen molar-refractivity contribution in [2.75, 3.05) is 37.8 Å². The van der Waals surface area contributed by atoms with E-state index in [-0.39, 0.29) is 6.61 Å². The molecule has 0 aromatic carbocycles. The first-order valence-corrected chi connectivity index (χ1v) is 7.00. The number of hydrogen-bond acceptors (Lipinski definition) is 5. The van der Waals surface area contributed by atoms with Crippen LogP contribution < -0.4 is 4.90 Å². The summed E-state index contributed by atoms with van der Waals surface area (Å²) >= 11 is 1.73. The minimum atomic E-state index is 0.0739. The molecule has 0 fully saturated rings. The zero-order chi connectivity index (χ0) is 12.8. The molecule has 0 aliphatic rings. The van der Waals surface area contributed by atoms with Crippen LogP contribution in [0, 0.1) is 0 Å². The van der Waals surface area contributed by atoms with E-state index in [2.05, 4.69) is 28.3 Å². The number of aromatic nitrogens is 1. The molecule has 1 N–H and O–H groups in total. The SMILES string of the molecule is CCN(CCOCCO)c1nccc2sccc12. The summed E-state index contributed by atoms with van der Waals surface area (Å²) in [6.45, 7) is 4.87. The maximum Gasteiger partial charge on any atom is 0.137 e. The molecule has 0 aliphatic heterocycles. The predicted octanol–water partition coefficient (Wildman–Crippen LogP) is 2.13. The van der Waals surface area contributed by atoms with Gasteiger partial charge in [0.15, 0.2) is 0 Å². The van der Waals surface area contributed by atoms with Crippen molar-refractivity contribution >= 4 is 27.2 Å². The molecule has 0 aliphatic carbocycles. The van der Waals surface area contributed by atoms with Crippen LogP contribution in [-0.2, 0) is 4.74 Å². The van der Waals surface area contributed by atoms with Crippen molar-refractivity contribution in [3.05, 3.63) is 23.7 Å². The van der Waals surface area contributed by atoms with E-state index in [1.165, 1.54) is 10.1 Å². The van der Waals surface area contributed by atoms with Crippen LogP contribution in [0.2, 0.25) is 0 Å². The zero-order valence-corrected chi connectivity index (χ0v) is 11.3. The van der Waals surface area contributed by atoms with Crippen molar-refractivity contribution in [2.24, 2.45) is 0 Å². The first-order valence-electron chi connectivity index (χ1n) is 6.12. The average molecular weight is 266 g/mol. The number of ether oxygens (including phenoxy) is 1. The third kappa shape index (κ3) is 2.98. The largest absolute Gasteiger partial charge is 0.394 e. The zero-order valence-electron chi connectivity index (χ0n) is 10.5. The summed E-state index contributed by atoms with van der Waals surface area (Å²) in [6, 6.07) is 4.15. The summed E-state index contributed by atoms with van der Waals surface area (Å²) in [5, 5.41) is 12.0. The summed E-state index contributed by atoms with van der Waals surface area (Å²) in [6.07, 6.45) is 1.85. The Kier molecular flexibility index (Phi) is 4.92. The van der Waals surface area contributed by atoms with E-state index in [0.717, 1.165) is 18.9 Å². The highest BCUT2D eigenvalue weighted by molar-refractivity contribution is 7.17. The topological polar surface area (TPSA) is 45.6 Å². The fourth-order valence-electron chi connectivity index (χ4n) is 1.89. The van der Waals surface area contributed by atoms with Crippen LogP contribution in [0.25, 0.3) is 10.1 Å². The molecule has 0 radical (unpaired) electrons. The first-order chi connectivity index (χ1) is 8.86. The summed E-state index contributed by atoms with van der Waals surface area (Å²) in [5.41, 5.74) is 0. The maximum atomic E-state index is 8.67. The average Bonchev–Trinajstić information content (AvgIpc) is 2.87. The minimum absolute atomic E-state index is 0.0739. The highest BCUT2D eigenvalue weighted by Gasteiger charge is 2.10. The standard InChI is InChI=1S/C13H18N2O2S/c1-2-15(6-8-17-9-7-16)13-11-4-10-18-12(11)3-5-14-13/h3-5,10,16H,2,6-9H2,1H3. The Hall–Kier alpha value is -1.17. The van der Waals surface area contributed by atoms with E-state index in [1.54, 1.807) is 11.3 Å². The molecule has 2 heterocycles. The number of thiophene rings is 1. The van der Waals surface area contributed by atoms with Gasteiger partial charge in [0.25, 0.3) is 0 Å². The Labute approximate surface area is 111 Å². The van der Waals surface area contributed by atoms with Gasteiger partial charge in [-0.1, -0.05) is 0 Å². The monoisotopic (exact) mass is 266 g/mol. The van der Waals surface area contributed by atoms with Crippen molar-refractivity contribution < 1.29 is 9.84 Å². The van der Waals surface area contributed by atoms with Gasteiger partial charge >= 0.3 is 0 Å². The Morgan fingerprint density at radius 1 is 1.39 bits per heavy atom. The molecule has 18 heavy (non-hydrogen) atoms. The van der Waals surface area contributed by atoms with Crippen LogP contribution in [0.5, 0.6) is 0 Å². The van der Waals surface area contributed by atoms with Gasteiger partial charge in [-0.2, -0.15) is 0 Å². The summed E-state index contributed by atoms with van der Waals surface area (Å²) < 4.78 is 6.57. The third-order valence-corrected chi connectivity index (χ3v) is 3.66. The van der Waals surface area contributed by atoms with Crippen LogP contribution in [-0.4, -0.2) is 43.0 Å². The van der Waals surface area contributed by atoms with Crippen molar-refractivity contribution in [2.45, 2.75) is 6.92 Å². The van der Waals surface area contributed by atoms with Gasteiger partial charge in [-0.25, -0.2) is 4.98 Å². The van der Waals surface area contributed by atoms with Crippen molar-refractivity contribution in [1.29, 1.82) is 0 Å². The second-order valence-corrected chi connectivity index (χ2v) is 4.83. The molecule has 5 heteroatoms. The molecule has 2 aromatic rings. The van der Waals surface area contributed by atoms with Gasteiger partial charge < -0.3 is 14.7 Å². The number of hydrogen-bond donors (Lipinski definition) is 1. The molecule has 0 saturated carbocycles. The van der Waals surface area contributed by atoms with Crippen LogP contribution in [0.3, 0.4) is 0 Å². The van der Waals surface area contributed by atoms with E-state index in [1.807, 2.05) is 12.3 Å². The molecular formula is C13H18N2O2S. The van der Waals surface area contributed by atoms with Gasteiger partial charge in [-0.15, -0.1) is 11.3 Å².